The smallest absolute Gasteiger partial charge is 0.310 e. The molecule has 1 heterocycles. The average molecular weight is 302 g/mol. The topological polar surface area (TPSA) is 71.2 Å². The number of rotatable bonds is 7. The number of para-hydroxylation sites is 1. The van der Waals surface area contributed by atoms with Crippen molar-refractivity contribution in [2.75, 3.05) is 13.2 Å². The van der Waals surface area contributed by atoms with E-state index in [2.05, 4.69) is 24.1 Å². The molecule has 0 radical (unpaired) electrons. The monoisotopic (exact) mass is 302 g/mol. The summed E-state index contributed by atoms with van der Waals surface area (Å²) < 4.78 is 5.02. The fourth-order valence-electron chi connectivity index (χ4n) is 2.18. The van der Waals surface area contributed by atoms with E-state index in [4.69, 9.17) is 4.74 Å². The van der Waals surface area contributed by atoms with E-state index < -0.39 is 5.97 Å². The molecule has 0 aliphatic heterocycles. The number of aromatic nitrogens is 1. The second-order valence-electron chi connectivity index (χ2n) is 5.73. The van der Waals surface area contributed by atoms with E-state index in [1.807, 2.05) is 24.3 Å². The molecule has 22 heavy (non-hydrogen) atoms. The summed E-state index contributed by atoms with van der Waals surface area (Å²) in [6.45, 7) is 4.57. The van der Waals surface area contributed by atoms with E-state index in [0.717, 1.165) is 22.9 Å². The van der Waals surface area contributed by atoms with Crippen molar-refractivity contribution in [1.29, 1.82) is 0 Å². The molecule has 0 fully saturated rings. The van der Waals surface area contributed by atoms with Crippen molar-refractivity contribution < 1.29 is 14.3 Å². The number of hydrogen-bond donors (Lipinski definition) is 2. The molecule has 0 aliphatic rings. The lowest BCUT2D eigenvalue weighted by Gasteiger charge is -2.07. The number of nitrogens with one attached hydrogen (secondary N) is 2. The van der Waals surface area contributed by atoms with Crippen LogP contribution in [-0.2, 0) is 20.7 Å². The summed E-state index contributed by atoms with van der Waals surface area (Å²) >= 11 is 0. The standard InChI is InChI=1S/C17H22N2O3/c1-12(2)7-8-18-16(20)11-22-17(21)9-13-10-19-15-6-4-3-5-14(13)15/h3-6,10,12,19H,7-9,11H2,1-2H3,(H,18,20). The van der Waals surface area contributed by atoms with Gasteiger partial charge in [0.05, 0.1) is 6.42 Å². The van der Waals surface area contributed by atoms with Crippen molar-refractivity contribution in [3.63, 3.8) is 0 Å². The lowest BCUT2D eigenvalue weighted by atomic mass is 10.1. The van der Waals surface area contributed by atoms with Gasteiger partial charge in [-0.2, -0.15) is 0 Å². The first-order valence-electron chi connectivity index (χ1n) is 7.53. The number of carbonyl (C=O) groups is 2. The van der Waals surface area contributed by atoms with Crippen LogP contribution in [0.1, 0.15) is 25.8 Å². The maximum atomic E-state index is 11.8. The molecule has 5 heteroatoms. The fraction of sp³-hybridized carbons (Fsp3) is 0.412. The van der Waals surface area contributed by atoms with Gasteiger partial charge in [-0.3, -0.25) is 9.59 Å². The number of benzene rings is 1. The normalized spacial score (nSPS) is 10.9. The number of carbonyl (C=O) groups excluding carboxylic acids is 2. The van der Waals surface area contributed by atoms with Gasteiger partial charge in [0, 0.05) is 23.6 Å². The minimum Gasteiger partial charge on any atom is -0.455 e. The maximum Gasteiger partial charge on any atom is 0.310 e. The van der Waals surface area contributed by atoms with Gasteiger partial charge in [0.2, 0.25) is 0 Å². The van der Waals surface area contributed by atoms with E-state index >= 15 is 0 Å². The van der Waals surface area contributed by atoms with Crippen LogP contribution in [0.4, 0.5) is 0 Å². The highest BCUT2D eigenvalue weighted by molar-refractivity contribution is 5.88. The van der Waals surface area contributed by atoms with Crippen LogP contribution in [0.25, 0.3) is 10.9 Å². The molecule has 2 aromatic rings. The summed E-state index contributed by atoms with van der Waals surface area (Å²) in [6.07, 6.45) is 2.87. The highest BCUT2D eigenvalue weighted by atomic mass is 16.5. The number of hydrogen-bond acceptors (Lipinski definition) is 3. The largest absolute Gasteiger partial charge is 0.455 e. The Morgan fingerprint density at radius 2 is 2.05 bits per heavy atom. The Morgan fingerprint density at radius 1 is 1.27 bits per heavy atom. The molecule has 2 N–H and O–H groups in total. The molecular weight excluding hydrogens is 280 g/mol. The van der Waals surface area contributed by atoms with Crippen LogP contribution in [0.5, 0.6) is 0 Å². The van der Waals surface area contributed by atoms with Gasteiger partial charge in [0.15, 0.2) is 6.61 Å². The van der Waals surface area contributed by atoms with Crippen LogP contribution in [0, 0.1) is 5.92 Å². The first kappa shape index (κ1) is 16.1. The van der Waals surface area contributed by atoms with Crippen molar-refractivity contribution in [1.82, 2.24) is 10.3 Å². The Morgan fingerprint density at radius 3 is 2.82 bits per heavy atom. The van der Waals surface area contributed by atoms with Crippen LogP contribution >= 0.6 is 0 Å². The lowest BCUT2D eigenvalue weighted by Crippen LogP contribution is -2.30. The molecule has 1 amide bonds. The molecule has 5 nitrogen and oxygen atoms in total. The third kappa shape index (κ3) is 4.62. The predicted octanol–water partition coefficient (Wildman–Crippen LogP) is 2.42. The second kappa shape index (κ2) is 7.64. The van der Waals surface area contributed by atoms with Gasteiger partial charge in [0.25, 0.3) is 5.91 Å². The van der Waals surface area contributed by atoms with Gasteiger partial charge in [-0.05, 0) is 24.0 Å². The number of H-pyrrole nitrogens is 1. The van der Waals surface area contributed by atoms with Gasteiger partial charge in [-0.25, -0.2) is 0 Å². The van der Waals surface area contributed by atoms with Gasteiger partial charge in [-0.1, -0.05) is 32.0 Å². The summed E-state index contributed by atoms with van der Waals surface area (Å²) in [7, 11) is 0. The van der Waals surface area contributed by atoms with E-state index in [1.165, 1.54) is 0 Å². The summed E-state index contributed by atoms with van der Waals surface area (Å²) in [5, 5.41) is 3.74. The Balaban J connectivity index is 1.77. The Bertz CT molecular complexity index is 646. The van der Waals surface area contributed by atoms with Crippen LogP contribution in [-0.4, -0.2) is 30.0 Å². The SMILES string of the molecule is CC(C)CCNC(=O)COC(=O)Cc1c[nH]c2ccccc12. The molecule has 0 saturated carbocycles. The maximum absolute atomic E-state index is 11.8. The van der Waals surface area contributed by atoms with Gasteiger partial charge in [0.1, 0.15) is 0 Å². The third-order valence-corrected chi connectivity index (χ3v) is 3.42. The Kier molecular flexibility index (Phi) is 5.58. The minimum atomic E-state index is -0.399. The Hall–Kier alpha value is -2.30. The zero-order valence-electron chi connectivity index (χ0n) is 13.0. The molecular formula is C17H22N2O3. The van der Waals surface area contributed by atoms with Crippen molar-refractivity contribution in [2.45, 2.75) is 26.7 Å². The lowest BCUT2D eigenvalue weighted by molar-refractivity contribution is -0.147. The number of fused-ring (bicyclic) bond motifs is 1. The van der Waals surface area contributed by atoms with Gasteiger partial charge in [-0.15, -0.1) is 0 Å². The number of esters is 1. The van der Waals surface area contributed by atoms with Crippen LogP contribution in [0.3, 0.4) is 0 Å². The Labute approximate surface area is 130 Å². The predicted molar refractivity (Wildman–Crippen MR) is 85.4 cm³/mol. The van der Waals surface area contributed by atoms with Crippen molar-refractivity contribution in [2.24, 2.45) is 5.92 Å². The number of ether oxygens (including phenoxy) is 1. The van der Waals surface area contributed by atoms with Crippen LogP contribution < -0.4 is 5.32 Å². The highest BCUT2D eigenvalue weighted by Gasteiger charge is 2.11. The van der Waals surface area contributed by atoms with E-state index in [1.54, 1.807) is 6.20 Å². The zero-order valence-corrected chi connectivity index (χ0v) is 13.0. The van der Waals surface area contributed by atoms with Crippen molar-refractivity contribution in [3.05, 3.63) is 36.0 Å². The van der Waals surface area contributed by atoms with Crippen molar-refractivity contribution in [3.8, 4) is 0 Å². The first-order chi connectivity index (χ1) is 10.6. The molecule has 1 aromatic carbocycles. The fourth-order valence-corrected chi connectivity index (χ4v) is 2.18. The molecule has 0 saturated heterocycles. The highest BCUT2D eigenvalue weighted by Crippen LogP contribution is 2.18. The summed E-state index contributed by atoms with van der Waals surface area (Å²) in [6, 6.07) is 7.76. The number of amides is 1. The third-order valence-electron chi connectivity index (χ3n) is 3.42. The van der Waals surface area contributed by atoms with Crippen LogP contribution in [0.2, 0.25) is 0 Å². The van der Waals surface area contributed by atoms with Gasteiger partial charge >= 0.3 is 5.97 Å². The molecule has 0 aliphatic carbocycles. The van der Waals surface area contributed by atoms with E-state index in [-0.39, 0.29) is 18.9 Å². The van der Waals surface area contributed by atoms with E-state index in [0.29, 0.717) is 12.5 Å². The zero-order chi connectivity index (χ0) is 15.9. The van der Waals surface area contributed by atoms with Crippen molar-refractivity contribution >= 4 is 22.8 Å². The molecule has 2 rings (SSSR count). The molecule has 0 unspecified atom stereocenters. The molecule has 0 bridgehead atoms. The van der Waals surface area contributed by atoms with E-state index in [9.17, 15) is 9.59 Å². The minimum absolute atomic E-state index is 0.156. The van der Waals surface area contributed by atoms with Gasteiger partial charge < -0.3 is 15.0 Å². The average Bonchev–Trinajstić information content (AvgIpc) is 2.88. The molecule has 118 valence electrons. The first-order valence-corrected chi connectivity index (χ1v) is 7.53. The molecule has 0 spiro atoms. The van der Waals surface area contributed by atoms with Crippen LogP contribution in [0.15, 0.2) is 30.5 Å². The summed E-state index contributed by atoms with van der Waals surface area (Å²) in [5.74, 6) is -0.124. The number of aromatic amines is 1. The molecule has 1 aromatic heterocycles. The summed E-state index contributed by atoms with van der Waals surface area (Å²) in [4.78, 5) is 26.5. The summed E-state index contributed by atoms with van der Waals surface area (Å²) in [5.41, 5.74) is 1.86. The molecule has 0 atom stereocenters. The second-order valence-corrected chi connectivity index (χ2v) is 5.73. The quantitative estimate of drug-likeness (QED) is 0.772.